The molecule has 0 spiro atoms. The van der Waals surface area contributed by atoms with E-state index in [1.807, 2.05) is 44.3 Å². The summed E-state index contributed by atoms with van der Waals surface area (Å²) in [5.41, 5.74) is 2.29. The zero-order chi connectivity index (χ0) is 18.2. The van der Waals surface area contributed by atoms with Gasteiger partial charge < -0.3 is 10.2 Å². The quantitative estimate of drug-likeness (QED) is 0.841. The van der Waals surface area contributed by atoms with Crippen molar-refractivity contribution in [3.63, 3.8) is 0 Å². The number of carbonyl (C=O) groups excluding carboxylic acids is 1. The molecule has 2 aromatic rings. The van der Waals surface area contributed by atoms with Gasteiger partial charge in [-0.3, -0.25) is 9.88 Å². The fourth-order valence-electron chi connectivity index (χ4n) is 2.57. The first-order chi connectivity index (χ1) is 12.0. The van der Waals surface area contributed by atoms with Crippen LogP contribution in [-0.2, 0) is 6.54 Å². The molecule has 2 rings (SSSR count). The summed E-state index contributed by atoms with van der Waals surface area (Å²) in [7, 11) is 3.89. The summed E-state index contributed by atoms with van der Waals surface area (Å²) in [6, 6.07) is 14.4. The van der Waals surface area contributed by atoms with Gasteiger partial charge in [0.15, 0.2) is 0 Å². The van der Waals surface area contributed by atoms with Gasteiger partial charge in [-0.1, -0.05) is 36.4 Å². The Labute approximate surface area is 150 Å². The van der Waals surface area contributed by atoms with Crippen molar-refractivity contribution in [2.45, 2.75) is 32.5 Å². The summed E-state index contributed by atoms with van der Waals surface area (Å²) >= 11 is 0. The molecular formula is C20H28N4O. The minimum Gasteiger partial charge on any atom is -0.336 e. The van der Waals surface area contributed by atoms with E-state index in [0.717, 1.165) is 12.1 Å². The Kier molecular flexibility index (Phi) is 6.95. The molecule has 1 aromatic carbocycles. The van der Waals surface area contributed by atoms with Gasteiger partial charge in [-0.25, -0.2) is 4.79 Å². The largest absolute Gasteiger partial charge is 0.336 e. The second kappa shape index (κ2) is 9.18. The Hall–Kier alpha value is -2.40. The lowest BCUT2D eigenvalue weighted by Crippen LogP contribution is -2.45. The van der Waals surface area contributed by atoms with E-state index in [4.69, 9.17) is 0 Å². The van der Waals surface area contributed by atoms with Crippen molar-refractivity contribution in [1.82, 2.24) is 20.1 Å². The Morgan fingerprint density at radius 2 is 1.84 bits per heavy atom. The minimum atomic E-state index is -0.0729. The summed E-state index contributed by atoms with van der Waals surface area (Å²) in [5, 5.41) is 3.02. The Balaban J connectivity index is 1.82. The normalized spacial score (nSPS) is 13.3. The van der Waals surface area contributed by atoms with Crippen LogP contribution >= 0.6 is 0 Å². The highest BCUT2D eigenvalue weighted by Crippen LogP contribution is 2.17. The molecule has 2 atom stereocenters. The van der Waals surface area contributed by atoms with Gasteiger partial charge in [0.25, 0.3) is 0 Å². The summed E-state index contributed by atoms with van der Waals surface area (Å²) in [6.45, 7) is 5.58. The number of rotatable bonds is 7. The number of nitrogens with zero attached hydrogens (tertiary/aromatic N) is 3. The molecule has 0 saturated carbocycles. The lowest BCUT2D eigenvalue weighted by atomic mass is 10.1. The highest BCUT2D eigenvalue weighted by Gasteiger charge is 2.18. The number of pyridine rings is 1. The maximum Gasteiger partial charge on any atom is 0.317 e. The Morgan fingerprint density at radius 3 is 2.48 bits per heavy atom. The molecule has 0 unspecified atom stereocenters. The molecule has 0 bridgehead atoms. The van der Waals surface area contributed by atoms with Crippen LogP contribution in [0.2, 0.25) is 0 Å². The summed E-state index contributed by atoms with van der Waals surface area (Å²) < 4.78 is 0. The molecule has 0 radical (unpaired) electrons. The number of hydrogen-bond acceptors (Lipinski definition) is 3. The van der Waals surface area contributed by atoms with Crippen molar-refractivity contribution in [2.24, 2.45) is 0 Å². The molecule has 0 aliphatic heterocycles. The molecule has 0 saturated heterocycles. The Bertz CT molecular complexity index is 647. The van der Waals surface area contributed by atoms with Crippen molar-refractivity contribution < 1.29 is 4.79 Å². The molecule has 25 heavy (non-hydrogen) atoms. The van der Waals surface area contributed by atoms with E-state index in [0.29, 0.717) is 6.54 Å². The van der Waals surface area contributed by atoms with Crippen molar-refractivity contribution in [3.8, 4) is 0 Å². The standard InChI is InChI=1S/C20H28N4O/c1-16(23(3)15-18-9-6-5-7-10-18)13-22-20(25)24(4)17(2)19-11-8-12-21-14-19/h5-12,14,16-17H,13,15H2,1-4H3,(H,22,25)/t16-,17-/m1/s1. The van der Waals surface area contributed by atoms with Crippen LogP contribution < -0.4 is 5.32 Å². The number of hydrogen-bond donors (Lipinski definition) is 1. The first kappa shape index (κ1) is 18.9. The second-order valence-corrected chi connectivity index (χ2v) is 6.51. The lowest BCUT2D eigenvalue weighted by molar-refractivity contribution is 0.186. The van der Waals surface area contributed by atoms with Crippen LogP contribution in [0, 0.1) is 0 Å². The van der Waals surface area contributed by atoms with Crippen LogP contribution in [0.1, 0.15) is 31.0 Å². The van der Waals surface area contributed by atoms with Crippen molar-refractivity contribution >= 4 is 6.03 Å². The summed E-state index contributed by atoms with van der Waals surface area (Å²) in [5.74, 6) is 0. The highest BCUT2D eigenvalue weighted by atomic mass is 16.2. The molecule has 0 aliphatic carbocycles. The molecule has 5 nitrogen and oxygen atoms in total. The van der Waals surface area contributed by atoms with Crippen LogP contribution in [0.5, 0.6) is 0 Å². The topological polar surface area (TPSA) is 48.5 Å². The zero-order valence-electron chi connectivity index (χ0n) is 15.5. The maximum atomic E-state index is 12.4. The molecule has 0 fully saturated rings. The number of urea groups is 1. The van der Waals surface area contributed by atoms with Gasteiger partial charge in [-0.05, 0) is 38.1 Å². The Morgan fingerprint density at radius 1 is 1.12 bits per heavy atom. The minimum absolute atomic E-state index is 0.0222. The molecule has 1 heterocycles. The average molecular weight is 340 g/mol. The van der Waals surface area contributed by atoms with Crippen molar-refractivity contribution in [3.05, 3.63) is 66.0 Å². The van der Waals surface area contributed by atoms with Crippen LogP contribution in [0.3, 0.4) is 0 Å². The molecule has 5 heteroatoms. The molecule has 0 aliphatic rings. The first-order valence-corrected chi connectivity index (χ1v) is 8.63. The van der Waals surface area contributed by atoms with Gasteiger partial charge >= 0.3 is 6.03 Å². The van der Waals surface area contributed by atoms with E-state index < -0.39 is 0 Å². The predicted octanol–water partition coefficient (Wildman–Crippen LogP) is 3.30. The molecular weight excluding hydrogens is 312 g/mol. The SMILES string of the molecule is C[C@H](CNC(=O)N(C)[C@H](C)c1cccnc1)N(C)Cc1ccccc1. The number of aromatic nitrogens is 1. The number of amides is 2. The number of benzene rings is 1. The highest BCUT2D eigenvalue weighted by molar-refractivity contribution is 5.74. The van der Waals surface area contributed by atoms with Crippen LogP contribution in [-0.4, -0.2) is 47.5 Å². The molecule has 2 amide bonds. The number of carbonyl (C=O) groups is 1. The molecule has 1 N–H and O–H groups in total. The van der Waals surface area contributed by atoms with E-state index in [9.17, 15) is 4.79 Å². The van der Waals surface area contributed by atoms with E-state index in [1.54, 1.807) is 17.3 Å². The monoisotopic (exact) mass is 340 g/mol. The van der Waals surface area contributed by atoms with Gasteiger partial charge in [0, 0.05) is 38.6 Å². The first-order valence-electron chi connectivity index (χ1n) is 8.63. The predicted molar refractivity (Wildman–Crippen MR) is 101 cm³/mol. The summed E-state index contributed by atoms with van der Waals surface area (Å²) in [4.78, 5) is 20.5. The van der Waals surface area contributed by atoms with Gasteiger partial charge in [0.2, 0.25) is 0 Å². The van der Waals surface area contributed by atoms with E-state index in [2.05, 4.69) is 41.3 Å². The third-order valence-corrected chi connectivity index (χ3v) is 4.64. The third kappa shape index (κ3) is 5.57. The average Bonchev–Trinajstić information content (AvgIpc) is 2.66. The van der Waals surface area contributed by atoms with Crippen LogP contribution in [0.4, 0.5) is 4.79 Å². The number of likely N-dealkylation sites (N-methyl/N-ethyl adjacent to an activating group) is 1. The summed E-state index contributed by atoms with van der Waals surface area (Å²) in [6.07, 6.45) is 3.53. The molecule has 1 aromatic heterocycles. The third-order valence-electron chi connectivity index (χ3n) is 4.64. The van der Waals surface area contributed by atoms with Gasteiger partial charge in [0.05, 0.1) is 6.04 Å². The van der Waals surface area contributed by atoms with E-state index in [1.165, 1.54) is 5.56 Å². The van der Waals surface area contributed by atoms with Crippen molar-refractivity contribution in [2.75, 3.05) is 20.6 Å². The van der Waals surface area contributed by atoms with Crippen LogP contribution in [0.25, 0.3) is 0 Å². The molecule has 134 valence electrons. The fraction of sp³-hybridized carbons (Fsp3) is 0.400. The second-order valence-electron chi connectivity index (χ2n) is 6.51. The fourth-order valence-corrected chi connectivity index (χ4v) is 2.57. The van der Waals surface area contributed by atoms with Gasteiger partial charge in [-0.15, -0.1) is 0 Å². The maximum absolute atomic E-state index is 12.4. The van der Waals surface area contributed by atoms with E-state index in [-0.39, 0.29) is 18.1 Å². The van der Waals surface area contributed by atoms with Gasteiger partial charge in [-0.2, -0.15) is 0 Å². The van der Waals surface area contributed by atoms with Crippen molar-refractivity contribution in [1.29, 1.82) is 0 Å². The zero-order valence-corrected chi connectivity index (χ0v) is 15.5. The number of nitrogens with one attached hydrogen (secondary N) is 1. The lowest BCUT2D eigenvalue weighted by Gasteiger charge is -2.28. The van der Waals surface area contributed by atoms with E-state index >= 15 is 0 Å². The van der Waals surface area contributed by atoms with Crippen LogP contribution in [0.15, 0.2) is 54.9 Å². The smallest absolute Gasteiger partial charge is 0.317 e. The van der Waals surface area contributed by atoms with Gasteiger partial charge in [0.1, 0.15) is 0 Å².